The van der Waals surface area contributed by atoms with Crippen molar-refractivity contribution in [3.05, 3.63) is 23.8 Å². The molecular weight excluding hydrogens is 276 g/mol. The first-order valence-electron chi connectivity index (χ1n) is 6.94. The normalized spacial score (nSPS) is 22.9. The maximum Gasteiger partial charge on any atom is 0.240 e. The second kappa shape index (κ2) is 4.86. The third-order valence-corrected chi connectivity index (χ3v) is 5.65. The van der Waals surface area contributed by atoms with Crippen LogP contribution in [0.4, 0.5) is 5.69 Å². The molecule has 1 aliphatic heterocycles. The van der Waals surface area contributed by atoms with Crippen LogP contribution in [0.25, 0.3) is 0 Å². The van der Waals surface area contributed by atoms with Crippen molar-refractivity contribution in [2.45, 2.75) is 49.5 Å². The number of rotatable bonds is 3. The number of nitrogens with one attached hydrogen (secondary N) is 2. The Bertz CT molecular complexity index is 648. The van der Waals surface area contributed by atoms with Crippen LogP contribution in [0.2, 0.25) is 0 Å². The molecule has 1 heterocycles. The first-order valence-corrected chi connectivity index (χ1v) is 8.43. The highest BCUT2D eigenvalue weighted by Gasteiger charge is 2.29. The molecule has 20 heavy (non-hydrogen) atoms. The lowest BCUT2D eigenvalue weighted by molar-refractivity contribution is -0.116. The van der Waals surface area contributed by atoms with Gasteiger partial charge >= 0.3 is 0 Å². The number of benzene rings is 1. The average Bonchev–Trinajstić information content (AvgIpc) is 2.98. The molecule has 1 aliphatic carbocycles. The van der Waals surface area contributed by atoms with Crippen molar-refractivity contribution in [2.75, 3.05) is 5.32 Å². The van der Waals surface area contributed by atoms with Gasteiger partial charge in [-0.15, -0.1) is 0 Å². The van der Waals surface area contributed by atoms with Gasteiger partial charge in [0.1, 0.15) is 0 Å². The lowest BCUT2D eigenvalue weighted by Gasteiger charge is -2.13. The molecule has 0 radical (unpaired) electrons. The van der Waals surface area contributed by atoms with E-state index in [1.807, 2.05) is 0 Å². The summed E-state index contributed by atoms with van der Waals surface area (Å²) in [6.07, 6.45) is 3.96. The molecule has 0 bridgehead atoms. The topological polar surface area (TPSA) is 75.3 Å². The van der Waals surface area contributed by atoms with Crippen LogP contribution in [0.5, 0.6) is 0 Å². The molecule has 2 aliphatic rings. The number of hydrogen-bond acceptors (Lipinski definition) is 3. The number of fused-ring (bicyclic) bond motifs is 1. The number of carbonyl (C=O) groups excluding carboxylic acids is 1. The summed E-state index contributed by atoms with van der Waals surface area (Å²) in [6, 6.07) is 4.87. The highest BCUT2D eigenvalue weighted by atomic mass is 32.2. The van der Waals surface area contributed by atoms with E-state index in [0.717, 1.165) is 31.2 Å². The molecule has 0 unspecified atom stereocenters. The monoisotopic (exact) mass is 294 g/mol. The number of carbonyl (C=O) groups is 1. The third kappa shape index (κ3) is 2.33. The molecule has 108 valence electrons. The smallest absolute Gasteiger partial charge is 0.240 e. The summed E-state index contributed by atoms with van der Waals surface area (Å²) in [7, 11) is -3.50. The van der Waals surface area contributed by atoms with E-state index in [0.29, 0.717) is 5.69 Å². The minimum Gasteiger partial charge on any atom is -0.325 e. The first kappa shape index (κ1) is 13.6. The van der Waals surface area contributed by atoms with Crippen molar-refractivity contribution in [1.82, 2.24) is 4.72 Å². The summed E-state index contributed by atoms with van der Waals surface area (Å²) in [4.78, 5) is 11.8. The SMILES string of the molecule is C[C@H]1C(=O)Nc2ccc(S(=O)(=O)NC3CCCC3)cc21. The Hall–Kier alpha value is -1.40. The van der Waals surface area contributed by atoms with Crippen molar-refractivity contribution in [3.63, 3.8) is 0 Å². The van der Waals surface area contributed by atoms with Crippen LogP contribution < -0.4 is 10.0 Å². The Labute approximate surface area is 118 Å². The Balaban J connectivity index is 1.89. The standard InChI is InChI=1S/C14H18N2O3S/c1-9-12-8-11(6-7-13(12)15-14(9)17)20(18,19)16-10-4-2-3-5-10/h6-10,16H,2-5H2,1H3,(H,15,17)/t9-/m1/s1. The Morgan fingerprint density at radius 2 is 1.95 bits per heavy atom. The van der Waals surface area contributed by atoms with Gasteiger partial charge in [-0.1, -0.05) is 12.8 Å². The molecule has 0 saturated heterocycles. The van der Waals surface area contributed by atoms with Crippen molar-refractivity contribution in [3.8, 4) is 0 Å². The molecule has 0 spiro atoms. The van der Waals surface area contributed by atoms with Crippen LogP contribution in [0, 0.1) is 0 Å². The highest BCUT2D eigenvalue weighted by Crippen LogP contribution is 2.33. The van der Waals surface area contributed by atoms with Crippen molar-refractivity contribution in [2.24, 2.45) is 0 Å². The summed E-state index contributed by atoms with van der Waals surface area (Å²) in [5, 5.41) is 2.74. The predicted octanol–water partition coefficient (Wildman–Crippen LogP) is 1.96. The molecule has 1 fully saturated rings. The molecule has 5 nitrogen and oxygen atoms in total. The maximum absolute atomic E-state index is 12.4. The largest absolute Gasteiger partial charge is 0.325 e. The summed E-state index contributed by atoms with van der Waals surface area (Å²) < 4.78 is 27.5. The van der Waals surface area contributed by atoms with Gasteiger partial charge < -0.3 is 5.32 Å². The van der Waals surface area contributed by atoms with Crippen LogP contribution in [-0.2, 0) is 14.8 Å². The van der Waals surface area contributed by atoms with E-state index >= 15 is 0 Å². The van der Waals surface area contributed by atoms with Gasteiger partial charge in [0.25, 0.3) is 0 Å². The first-order chi connectivity index (χ1) is 9.47. The van der Waals surface area contributed by atoms with E-state index in [1.165, 1.54) is 0 Å². The average molecular weight is 294 g/mol. The zero-order chi connectivity index (χ0) is 14.3. The maximum atomic E-state index is 12.4. The van der Waals surface area contributed by atoms with Gasteiger partial charge in [0, 0.05) is 11.7 Å². The lowest BCUT2D eigenvalue weighted by atomic mass is 10.0. The molecule has 1 aromatic rings. The zero-order valence-corrected chi connectivity index (χ0v) is 12.2. The third-order valence-electron chi connectivity index (χ3n) is 4.13. The quantitative estimate of drug-likeness (QED) is 0.895. The van der Waals surface area contributed by atoms with Gasteiger partial charge in [-0.25, -0.2) is 13.1 Å². The number of sulfonamides is 1. The Kier molecular flexibility index (Phi) is 3.30. The van der Waals surface area contributed by atoms with Crippen LogP contribution in [0.3, 0.4) is 0 Å². The second-order valence-corrected chi connectivity index (χ2v) is 7.28. The molecule has 1 saturated carbocycles. The molecule has 1 amide bonds. The van der Waals surface area contributed by atoms with Gasteiger partial charge in [-0.3, -0.25) is 4.79 Å². The molecule has 3 rings (SSSR count). The van der Waals surface area contributed by atoms with E-state index < -0.39 is 10.0 Å². The van der Waals surface area contributed by atoms with Crippen molar-refractivity contribution in [1.29, 1.82) is 0 Å². The Morgan fingerprint density at radius 1 is 1.25 bits per heavy atom. The summed E-state index contributed by atoms with van der Waals surface area (Å²) in [5.41, 5.74) is 1.46. The van der Waals surface area contributed by atoms with Crippen LogP contribution in [0.15, 0.2) is 23.1 Å². The Morgan fingerprint density at radius 3 is 2.65 bits per heavy atom. The van der Waals surface area contributed by atoms with Gasteiger partial charge in [0.15, 0.2) is 0 Å². The summed E-state index contributed by atoms with van der Waals surface area (Å²) in [5.74, 6) is -0.384. The minimum absolute atomic E-state index is 0.0467. The van der Waals surface area contributed by atoms with Gasteiger partial charge in [-0.2, -0.15) is 0 Å². The summed E-state index contributed by atoms with van der Waals surface area (Å²) >= 11 is 0. The molecular formula is C14H18N2O3S. The number of hydrogen-bond donors (Lipinski definition) is 2. The van der Waals surface area contributed by atoms with E-state index in [2.05, 4.69) is 10.0 Å². The second-order valence-electron chi connectivity index (χ2n) is 5.56. The van der Waals surface area contributed by atoms with E-state index in [1.54, 1.807) is 25.1 Å². The van der Waals surface area contributed by atoms with Gasteiger partial charge in [-0.05, 0) is 43.5 Å². The van der Waals surface area contributed by atoms with Crippen LogP contribution in [-0.4, -0.2) is 20.4 Å². The molecule has 1 aromatic carbocycles. The van der Waals surface area contributed by atoms with Gasteiger partial charge in [0.05, 0.1) is 10.8 Å². The van der Waals surface area contributed by atoms with Crippen LogP contribution >= 0.6 is 0 Å². The number of anilines is 1. The van der Waals surface area contributed by atoms with E-state index in [4.69, 9.17) is 0 Å². The molecule has 0 aromatic heterocycles. The fraction of sp³-hybridized carbons (Fsp3) is 0.500. The van der Waals surface area contributed by atoms with E-state index in [9.17, 15) is 13.2 Å². The zero-order valence-electron chi connectivity index (χ0n) is 11.3. The van der Waals surface area contributed by atoms with Crippen molar-refractivity contribution < 1.29 is 13.2 Å². The number of amides is 1. The van der Waals surface area contributed by atoms with Crippen LogP contribution in [0.1, 0.15) is 44.1 Å². The molecule has 6 heteroatoms. The minimum atomic E-state index is -3.50. The molecule has 2 N–H and O–H groups in total. The fourth-order valence-electron chi connectivity index (χ4n) is 2.89. The van der Waals surface area contributed by atoms with E-state index in [-0.39, 0.29) is 22.8 Å². The summed E-state index contributed by atoms with van der Waals surface area (Å²) in [6.45, 7) is 1.78. The van der Waals surface area contributed by atoms with Gasteiger partial charge in [0.2, 0.25) is 15.9 Å². The fourth-order valence-corrected chi connectivity index (χ4v) is 4.23. The highest BCUT2D eigenvalue weighted by molar-refractivity contribution is 7.89. The predicted molar refractivity (Wildman–Crippen MR) is 76.1 cm³/mol. The lowest BCUT2D eigenvalue weighted by Crippen LogP contribution is -2.32. The van der Waals surface area contributed by atoms with Crippen molar-refractivity contribution >= 4 is 21.6 Å². The molecule has 1 atom stereocenters.